The maximum absolute atomic E-state index is 11.8. The topological polar surface area (TPSA) is 65.0 Å². The molecule has 0 radical (unpaired) electrons. The van der Waals surface area contributed by atoms with Crippen LogP contribution in [0.4, 0.5) is 0 Å². The first-order chi connectivity index (χ1) is 9.08. The van der Waals surface area contributed by atoms with Crippen LogP contribution in [0.5, 0.6) is 0 Å². The van der Waals surface area contributed by atoms with Crippen LogP contribution < -0.4 is 0 Å². The lowest BCUT2D eigenvalue weighted by molar-refractivity contribution is -0.187. The second kappa shape index (κ2) is 5.92. The lowest BCUT2D eigenvalue weighted by Crippen LogP contribution is -2.40. The van der Waals surface area contributed by atoms with Crippen molar-refractivity contribution in [3.8, 4) is 0 Å². The van der Waals surface area contributed by atoms with Crippen molar-refractivity contribution in [3.05, 3.63) is 11.8 Å². The molecule has 1 heterocycles. The SMILES string of the molecule is COC(=O)C1=CO[C@@H](OC(C)C)C2C(CO)CCC12. The number of hydrogen-bond donors (Lipinski definition) is 1. The molecule has 108 valence electrons. The van der Waals surface area contributed by atoms with E-state index in [9.17, 15) is 9.90 Å². The molecular weight excluding hydrogens is 248 g/mol. The zero-order chi connectivity index (χ0) is 14.0. The number of rotatable bonds is 4. The molecule has 3 unspecified atom stereocenters. The van der Waals surface area contributed by atoms with Gasteiger partial charge in [0.25, 0.3) is 0 Å². The molecular formula is C14H22O5. The number of hydrogen-bond acceptors (Lipinski definition) is 5. The van der Waals surface area contributed by atoms with Crippen molar-refractivity contribution in [2.75, 3.05) is 13.7 Å². The Morgan fingerprint density at radius 3 is 2.84 bits per heavy atom. The third-order valence-corrected chi connectivity index (χ3v) is 3.96. The lowest BCUT2D eigenvalue weighted by Gasteiger charge is -2.36. The molecule has 1 aliphatic heterocycles. The Balaban J connectivity index is 2.22. The molecule has 0 amide bonds. The number of carbonyl (C=O) groups is 1. The maximum Gasteiger partial charge on any atom is 0.337 e. The largest absolute Gasteiger partial charge is 0.472 e. The fraction of sp³-hybridized carbons (Fsp3) is 0.786. The van der Waals surface area contributed by atoms with Gasteiger partial charge in [-0.25, -0.2) is 4.79 Å². The fourth-order valence-corrected chi connectivity index (χ4v) is 3.12. The van der Waals surface area contributed by atoms with E-state index < -0.39 is 6.29 Å². The van der Waals surface area contributed by atoms with Crippen LogP contribution in [-0.4, -0.2) is 37.2 Å². The number of methoxy groups -OCH3 is 1. The highest BCUT2D eigenvalue weighted by Crippen LogP contribution is 2.47. The standard InChI is InChI=1S/C14H22O5/c1-8(2)19-14-12-9(6-15)4-5-10(12)11(7-18-14)13(16)17-3/h7-10,12,14-15H,4-6H2,1-3H3/t9?,10?,12?,14-/m0/s1. The van der Waals surface area contributed by atoms with Crippen LogP contribution in [0, 0.1) is 17.8 Å². The first-order valence-corrected chi connectivity index (χ1v) is 6.78. The summed E-state index contributed by atoms with van der Waals surface area (Å²) in [7, 11) is 1.37. The van der Waals surface area contributed by atoms with Crippen molar-refractivity contribution >= 4 is 5.97 Å². The summed E-state index contributed by atoms with van der Waals surface area (Å²) in [6, 6.07) is 0. The number of aliphatic hydroxyl groups excluding tert-OH is 1. The van der Waals surface area contributed by atoms with E-state index in [0.29, 0.717) is 5.57 Å². The lowest BCUT2D eigenvalue weighted by atomic mass is 9.83. The zero-order valence-electron chi connectivity index (χ0n) is 11.7. The summed E-state index contributed by atoms with van der Waals surface area (Å²) in [5.41, 5.74) is 0.562. The van der Waals surface area contributed by atoms with E-state index >= 15 is 0 Å². The van der Waals surface area contributed by atoms with Gasteiger partial charge in [-0.05, 0) is 32.6 Å². The van der Waals surface area contributed by atoms with Crippen molar-refractivity contribution in [1.82, 2.24) is 0 Å². The highest BCUT2D eigenvalue weighted by Gasteiger charge is 2.48. The third-order valence-electron chi connectivity index (χ3n) is 3.96. The van der Waals surface area contributed by atoms with Gasteiger partial charge in [0.05, 0.1) is 25.0 Å². The molecule has 1 aliphatic carbocycles. The number of esters is 1. The first-order valence-electron chi connectivity index (χ1n) is 6.78. The van der Waals surface area contributed by atoms with E-state index in [0.717, 1.165) is 12.8 Å². The summed E-state index contributed by atoms with van der Waals surface area (Å²) in [6.07, 6.45) is 2.86. The van der Waals surface area contributed by atoms with Crippen molar-refractivity contribution in [2.24, 2.45) is 17.8 Å². The Bertz CT molecular complexity index is 363. The molecule has 4 atom stereocenters. The van der Waals surface area contributed by atoms with E-state index in [4.69, 9.17) is 14.2 Å². The van der Waals surface area contributed by atoms with Crippen LogP contribution in [0.3, 0.4) is 0 Å². The van der Waals surface area contributed by atoms with Crippen LogP contribution in [0.1, 0.15) is 26.7 Å². The van der Waals surface area contributed by atoms with Crippen LogP contribution >= 0.6 is 0 Å². The van der Waals surface area contributed by atoms with Crippen LogP contribution in [0.15, 0.2) is 11.8 Å². The molecule has 0 aromatic rings. The Hall–Kier alpha value is -1.07. The number of aliphatic hydroxyl groups is 1. The second-order valence-corrected chi connectivity index (χ2v) is 5.46. The molecule has 1 saturated carbocycles. The Kier molecular flexibility index (Phi) is 4.47. The average Bonchev–Trinajstić information content (AvgIpc) is 2.82. The monoisotopic (exact) mass is 270 g/mol. The molecule has 0 aromatic heterocycles. The van der Waals surface area contributed by atoms with Crippen LogP contribution in [-0.2, 0) is 19.0 Å². The van der Waals surface area contributed by atoms with Gasteiger partial charge in [-0.3, -0.25) is 0 Å². The van der Waals surface area contributed by atoms with Gasteiger partial charge >= 0.3 is 5.97 Å². The minimum Gasteiger partial charge on any atom is -0.472 e. The molecule has 0 bridgehead atoms. The summed E-state index contributed by atoms with van der Waals surface area (Å²) < 4.78 is 16.1. The van der Waals surface area contributed by atoms with Gasteiger partial charge in [0.2, 0.25) is 6.29 Å². The van der Waals surface area contributed by atoms with E-state index in [2.05, 4.69) is 0 Å². The Morgan fingerprint density at radius 2 is 2.26 bits per heavy atom. The molecule has 0 aromatic carbocycles. The third kappa shape index (κ3) is 2.77. The Morgan fingerprint density at radius 1 is 1.53 bits per heavy atom. The molecule has 2 rings (SSSR count). The molecule has 2 aliphatic rings. The predicted molar refractivity (Wildman–Crippen MR) is 68.0 cm³/mol. The summed E-state index contributed by atoms with van der Waals surface area (Å²) >= 11 is 0. The van der Waals surface area contributed by atoms with Gasteiger partial charge in [-0.15, -0.1) is 0 Å². The van der Waals surface area contributed by atoms with Crippen molar-refractivity contribution in [1.29, 1.82) is 0 Å². The number of carbonyl (C=O) groups excluding carboxylic acids is 1. The maximum atomic E-state index is 11.8. The van der Waals surface area contributed by atoms with Crippen LogP contribution in [0.2, 0.25) is 0 Å². The Labute approximate surface area is 113 Å². The van der Waals surface area contributed by atoms with E-state index in [1.54, 1.807) is 0 Å². The smallest absolute Gasteiger partial charge is 0.337 e. The van der Waals surface area contributed by atoms with Crippen LogP contribution in [0.25, 0.3) is 0 Å². The normalized spacial score (nSPS) is 33.6. The predicted octanol–water partition coefficient (Wildman–Crippen LogP) is 1.46. The minimum atomic E-state index is -0.391. The van der Waals surface area contributed by atoms with Gasteiger partial charge in [0.1, 0.15) is 0 Å². The van der Waals surface area contributed by atoms with Gasteiger partial charge in [0.15, 0.2) is 0 Å². The van der Waals surface area contributed by atoms with Crippen molar-refractivity contribution in [2.45, 2.75) is 39.1 Å². The summed E-state index contributed by atoms with van der Waals surface area (Å²) in [5.74, 6) is -0.160. The molecule has 1 N–H and O–H groups in total. The highest BCUT2D eigenvalue weighted by molar-refractivity contribution is 5.89. The van der Waals surface area contributed by atoms with Gasteiger partial charge < -0.3 is 19.3 Å². The summed E-state index contributed by atoms with van der Waals surface area (Å²) in [5, 5.41) is 9.49. The molecule has 1 fully saturated rings. The molecule has 5 nitrogen and oxygen atoms in total. The second-order valence-electron chi connectivity index (χ2n) is 5.46. The van der Waals surface area contributed by atoms with E-state index in [-0.39, 0.29) is 36.4 Å². The highest BCUT2D eigenvalue weighted by atomic mass is 16.7. The van der Waals surface area contributed by atoms with E-state index in [1.807, 2.05) is 13.8 Å². The molecule has 0 spiro atoms. The first kappa shape index (κ1) is 14.3. The molecule has 0 saturated heterocycles. The number of fused-ring (bicyclic) bond motifs is 1. The van der Waals surface area contributed by atoms with Gasteiger partial charge in [-0.2, -0.15) is 0 Å². The van der Waals surface area contributed by atoms with Gasteiger partial charge in [0, 0.05) is 18.4 Å². The average molecular weight is 270 g/mol. The van der Waals surface area contributed by atoms with Crippen molar-refractivity contribution < 1.29 is 24.1 Å². The summed E-state index contributed by atoms with van der Waals surface area (Å²) in [6.45, 7) is 3.98. The zero-order valence-corrected chi connectivity index (χ0v) is 11.7. The molecule has 19 heavy (non-hydrogen) atoms. The minimum absolute atomic E-state index is 0.0199. The quantitative estimate of drug-likeness (QED) is 0.783. The van der Waals surface area contributed by atoms with Crippen molar-refractivity contribution in [3.63, 3.8) is 0 Å². The summed E-state index contributed by atoms with van der Waals surface area (Å²) in [4.78, 5) is 11.8. The van der Waals surface area contributed by atoms with E-state index in [1.165, 1.54) is 13.4 Å². The van der Waals surface area contributed by atoms with Gasteiger partial charge in [-0.1, -0.05) is 0 Å². The molecule has 5 heteroatoms. The fourth-order valence-electron chi connectivity index (χ4n) is 3.12. The number of ether oxygens (including phenoxy) is 3.